The normalized spacial score (nSPS) is 14.3. The molecule has 1 fully saturated rings. The van der Waals surface area contributed by atoms with E-state index in [9.17, 15) is 0 Å². The van der Waals surface area contributed by atoms with E-state index < -0.39 is 0 Å². The highest BCUT2D eigenvalue weighted by atomic mass is 16.5. The van der Waals surface area contributed by atoms with Gasteiger partial charge in [0.2, 0.25) is 0 Å². The van der Waals surface area contributed by atoms with Crippen molar-refractivity contribution in [3.05, 3.63) is 53.6 Å². The second-order valence-electron chi connectivity index (χ2n) is 5.54. The topological polar surface area (TPSA) is 21.3 Å². The summed E-state index contributed by atoms with van der Waals surface area (Å²) in [6.07, 6.45) is 2.65. The number of ether oxygens (including phenoxy) is 1. The molecule has 104 valence electrons. The summed E-state index contributed by atoms with van der Waals surface area (Å²) in [5.41, 5.74) is 5.24. The summed E-state index contributed by atoms with van der Waals surface area (Å²) in [4.78, 5) is 0. The van der Waals surface area contributed by atoms with Gasteiger partial charge in [0.05, 0.1) is 7.11 Å². The van der Waals surface area contributed by atoms with Gasteiger partial charge in [-0.3, -0.25) is 0 Å². The van der Waals surface area contributed by atoms with Crippen LogP contribution >= 0.6 is 0 Å². The van der Waals surface area contributed by atoms with Crippen LogP contribution in [-0.4, -0.2) is 13.2 Å². The third kappa shape index (κ3) is 3.02. The Labute approximate surface area is 120 Å². The van der Waals surface area contributed by atoms with Gasteiger partial charge in [-0.1, -0.05) is 35.9 Å². The van der Waals surface area contributed by atoms with Gasteiger partial charge < -0.3 is 10.1 Å². The lowest BCUT2D eigenvalue weighted by Crippen LogP contribution is -2.15. The zero-order valence-corrected chi connectivity index (χ0v) is 12.1. The SMILES string of the molecule is COc1ccc(-c2cc(C)ccc2CNC2CC2)cc1. The molecule has 0 amide bonds. The first kappa shape index (κ1) is 13.2. The molecule has 2 aromatic carbocycles. The van der Waals surface area contributed by atoms with Gasteiger partial charge in [0.15, 0.2) is 0 Å². The molecule has 3 rings (SSSR count). The Balaban J connectivity index is 1.89. The fraction of sp³-hybridized carbons (Fsp3) is 0.333. The summed E-state index contributed by atoms with van der Waals surface area (Å²) >= 11 is 0. The maximum absolute atomic E-state index is 5.23. The molecule has 0 atom stereocenters. The number of hydrogen-bond acceptors (Lipinski definition) is 2. The molecule has 0 aromatic heterocycles. The van der Waals surface area contributed by atoms with Gasteiger partial charge >= 0.3 is 0 Å². The Kier molecular flexibility index (Phi) is 3.75. The largest absolute Gasteiger partial charge is 0.497 e. The second-order valence-corrected chi connectivity index (χ2v) is 5.54. The van der Waals surface area contributed by atoms with Crippen LogP contribution in [0.25, 0.3) is 11.1 Å². The Morgan fingerprint density at radius 1 is 1.10 bits per heavy atom. The van der Waals surface area contributed by atoms with Crippen LogP contribution in [0.2, 0.25) is 0 Å². The molecule has 1 aliphatic rings. The van der Waals surface area contributed by atoms with Gasteiger partial charge in [-0.25, -0.2) is 0 Å². The van der Waals surface area contributed by atoms with Crippen LogP contribution in [0.3, 0.4) is 0 Å². The van der Waals surface area contributed by atoms with E-state index in [0.29, 0.717) is 0 Å². The third-order valence-electron chi connectivity index (χ3n) is 3.82. The minimum Gasteiger partial charge on any atom is -0.497 e. The quantitative estimate of drug-likeness (QED) is 0.886. The lowest BCUT2D eigenvalue weighted by Gasteiger charge is -2.12. The van der Waals surface area contributed by atoms with Crippen molar-refractivity contribution in [2.24, 2.45) is 0 Å². The number of rotatable bonds is 5. The van der Waals surface area contributed by atoms with Gasteiger partial charge in [-0.2, -0.15) is 0 Å². The molecule has 0 aliphatic heterocycles. The number of methoxy groups -OCH3 is 1. The van der Waals surface area contributed by atoms with Gasteiger partial charge in [0.1, 0.15) is 5.75 Å². The van der Waals surface area contributed by atoms with Crippen molar-refractivity contribution >= 4 is 0 Å². The highest BCUT2D eigenvalue weighted by Crippen LogP contribution is 2.28. The third-order valence-corrected chi connectivity index (χ3v) is 3.82. The Morgan fingerprint density at radius 3 is 2.50 bits per heavy atom. The van der Waals surface area contributed by atoms with Crippen LogP contribution in [0.5, 0.6) is 5.75 Å². The van der Waals surface area contributed by atoms with E-state index in [1.807, 2.05) is 12.1 Å². The highest BCUT2D eigenvalue weighted by molar-refractivity contribution is 5.68. The van der Waals surface area contributed by atoms with Gasteiger partial charge in [-0.05, 0) is 48.6 Å². The number of aryl methyl sites for hydroxylation is 1. The van der Waals surface area contributed by atoms with E-state index in [1.54, 1.807) is 7.11 Å². The predicted octanol–water partition coefficient (Wildman–Crippen LogP) is 3.92. The minimum absolute atomic E-state index is 0.736. The Morgan fingerprint density at radius 2 is 1.85 bits per heavy atom. The first-order valence-electron chi connectivity index (χ1n) is 7.23. The zero-order chi connectivity index (χ0) is 13.9. The van der Waals surface area contributed by atoms with Crippen LogP contribution < -0.4 is 10.1 Å². The van der Waals surface area contributed by atoms with Gasteiger partial charge in [0.25, 0.3) is 0 Å². The van der Waals surface area contributed by atoms with Crippen molar-refractivity contribution in [3.8, 4) is 16.9 Å². The summed E-state index contributed by atoms with van der Waals surface area (Å²) in [6.45, 7) is 3.09. The Bertz CT molecular complexity index is 585. The van der Waals surface area contributed by atoms with E-state index in [1.165, 1.54) is 35.1 Å². The lowest BCUT2D eigenvalue weighted by atomic mass is 9.97. The maximum atomic E-state index is 5.23. The summed E-state index contributed by atoms with van der Waals surface area (Å²) < 4.78 is 5.23. The number of benzene rings is 2. The standard InChI is InChI=1S/C18H21NO/c1-13-3-4-15(12-19-16-7-8-16)18(11-13)14-5-9-17(20-2)10-6-14/h3-6,9-11,16,19H,7-8,12H2,1-2H3. The maximum Gasteiger partial charge on any atom is 0.118 e. The smallest absolute Gasteiger partial charge is 0.118 e. The summed E-state index contributed by atoms with van der Waals surface area (Å²) in [6, 6.07) is 15.8. The lowest BCUT2D eigenvalue weighted by molar-refractivity contribution is 0.415. The Hall–Kier alpha value is -1.80. The fourth-order valence-electron chi connectivity index (χ4n) is 2.43. The molecular weight excluding hydrogens is 246 g/mol. The molecule has 0 saturated heterocycles. The molecule has 2 nitrogen and oxygen atoms in total. The molecular formula is C18H21NO. The molecule has 0 heterocycles. The summed E-state index contributed by atoms with van der Waals surface area (Å²) in [5.74, 6) is 0.902. The molecule has 0 bridgehead atoms. The molecule has 0 unspecified atom stereocenters. The molecule has 20 heavy (non-hydrogen) atoms. The fourth-order valence-corrected chi connectivity index (χ4v) is 2.43. The van der Waals surface area contributed by atoms with E-state index >= 15 is 0 Å². The van der Waals surface area contributed by atoms with E-state index in [-0.39, 0.29) is 0 Å². The predicted molar refractivity (Wildman–Crippen MR) is 83.0 cm³/mol. The van der Waals surface area contributed by atoms with Crippen LogP contribution in [-0.2, 0) is 6.54 Å². The minimum atomic E-state index is 0.736. The zero-order valence-electron chi connectivity index (χ0n) is 12.1. The van der Waals surface area contributed by atoms with Crippen molar-refractivity contribution in [1.82, 2.24) is 5.32 Å². The first-order chi connectivity index (χ1) is 9.76. The molecule has 0 spiro atoms. The molecule has 1 aliphatic carbocycles. The van der Waals surface area contributed by atoms with Gasteiger partial charge in [0, 0.05) is 12.6 Å². The highest BCUT2D eigenvalue weighted by Gasteiger charge is 2.20. The monoisotopic (exact) mass is 267 g/mol. The average molecular weight is 267 g/mol. The van der Waals surface area contributed by atoms with Crippen LogP contribution in [0.15, 0.2) is 42.5 Å². The number of hydrogen-bond donors (Lipinski definition) is 1. The van der Waals surface area contributed by atoms with E-state index in [0.717, 1.165) is 18.3 Å². The molecule has 1 N–H and O–H groups in total. The number of nitrogens with one attached hydrogen (secondary N) is 1. The second kappa shape index (κ2) is 5.68. The summed E-state index contributed by atoms with van der Waals surface area (Å²) in [5, 5.41) is 3.60. The van der Waals surface area contributed by atoms with Gasteiger partial charge in [-0.15, -0.1) is 0 Å². The van der Waals surface area contributed by atoms with Crippen molar-refractivity contribution in [2.45, 2.75) is 32.4 Å². The van der Waals surface area contributed by atoms with Crippen molar-refractivity contribution < 1.29 is 4.74 Å². The van der Waals surface area contributed by atoms with Crippen LogP contribution in [0.1, 0.15) is 24.0 Å². The van der Waals surface area contributed by atoms with E-state index in [4.69, 9.17) is 4.74 Å². The summed E-state index contributed by atoms with van der Waals surface area (Å²) in [7, 11) is 1.70. The first-order valence-corrected chi connectivity index (χ1v) is 7.23. The van der Waals surface area contributed by atoms with Crippen LogP contribution in [0.4, 0.5) is 0 Å². The molecule has 2 aromatic rings. The molecule has 1 saturated carbocycles. The van der Waals surface area contributed by atoms with Crippen molar-refractivity contribution in [2.75, 3.05) is 7.11 Å². The molecule has 2 heteroatoms. The average Bonchev–Trinajstić information content (AvgIpc) is 3.30. The molecule has 0 radical (unpaired) electrons. The van der Waals surface area contributed by atoms with Crippen molar-refractivity contribution in [1.29, 1.82) is 0 Å². The van der Waals surface area contributed by atoms with E-state index in [2.05, 4.69) is 42.6 Å². The van der Waals surface area contributed by atoms with Crippen LogP contribution in [0, 0.1) is 6.92 Å². The van der Waals surface area contributed by atoms with Crippen molar-refractivity contribution in [3.63, 3.8) is 0 Å².